The molecule has 1 rings (SSSR count). The maximum Gasteiger partial charge on any atom is 0.0594 e. The highest BCUT2D eigenvalue weighted by Crippen LogP contribution is 1.97. The van der Waals surface area contributed by atoms with Crippen molar-refractivity contribution in [3.63, 3.8) is 0 Å². The Morgan fingerprint density at radius 3 is 2.69 bits per heavy atom. The lowest BCUT2D eigenvalue weighted by Gasteiger charge is -2.26. The summed E-state index contributed by atoms with van der Waals surface area (Å²) in [7, 11) is 0. The Morgan fingerprint density at radius 1 is 1.38 bits per heavy atom. The third-order valence-corrected chi connectivity index (χ3v) is 2.31. The second-order valence-electron chi connectivity index (χ2n) is 3.92. The van der Waals surface area contributed by atoms with Crippen molar-refractivity contribution < 1.29 is 6.16 Å². The zero-order valence-electron chi connectivity index (χ0n) is 8.88. The molecule has 80 valence electrons. The summed E-state index contributed by atoms with van der Waals surface area (Å²) in [5.74, 6) is 0. The third kappa shape index (κ3) is 5.24. The summed E-state index contributed by atoms with van der Waals surface area (Å²) in [4.78, 5) is 2.48. The minimum Gasteiger partial charge on any atom is -0.379 e. The Labute approximate surface area is 82.9 Å². The Morgan fingerprint density at radius 2 is 2.08 bits per heavy atom. The van der Waals surface area contributed by atoms with E-state index in [1.165, 1.54) is 13.0 Å². The van der Waals surface area contributed by atoms with Crippen LogP contribution in [0.2, 0.25) is 0 Å². The standard InChI is InChI=1S/C10H22N2O.H2/c1-10(2)11-4-3-5-12-6-8-13-9-7-12;/h10-11H,3-9H2,1-2H3;1H. The normalized spacial score (nSPS) is 19.6. The Balaban J connectivity index is 0.00000169. The van der Waals surface area contributed by atoms with Crippen molar-refractivity contribution in [1.29, 1.82) is 0 Å². The van der Waals surface area contributed by atoms with Gasteiger partial charge in [-0.3, -0.25) is 4.90 Å². The molecule has 0 unspecified atom stereocenters. The summed E-state index contributed by atoms with van der Waals surface area (Å²) >= 11 is 0. The molecule has 0 aromatic heterocycles. The summed E-state index contributed by atoms with van der Waals surface area (Å²) < 4.78 is 5.29. The number of nitrogens with zero attached hydrogens (tertiary/aromatic N) is 1. The first-order valence-electron chi connectivity index (χ1n) is 5.32. The van der Waals surface area contributed by atoms with Crippen LogP contribution in [0.3, 0.4) is 0 Å². The Bertz CT molecular complexity index is 127. The van der Waals surface area contributed by atoms with Gasteiger partial charge in [0.15, 0.2) is 0 Å². The van der Waals surface area contributed by atoms with Crippen LogP contribution in [0.1, 0.15) is 21.7 Å². The van der Waals surface area contributed by atoms with E-state index in [4.69, 9.17) is 4.74 Å². The van der Waals surface area contributed by atoms with Gasteiger partial charge in [0, 0.05) is 20.6 Å². The van der Waals surface area contributed by atoms with Crippen LogP contribution in [-0.2, 0) is 4.74 Å². The zero-order valence-corrected chi connectivity index (χ0v) is 8.88. The summed E-state index contributed by atoms with van der Waals surface area (Å²) in [6.45, 7) is 10.8. The van der Waals surface area contributed by atoms with Crippen LogP contribution < -0.4 is 5.32 Å². The van der Waals surface area contributed by atoms with Crippen LogP contribution in [0, 0.1) is 0 Å². The molecule has 0 aromatic rings. The second kappa shape index (κ2) is 6.35. The number of hydrogen-bond acceptors (Lipinski definition) is 3. The molecule has 0 atom stereocenters. The Kier molecular flexibility index (Phi) is 5.35. The second-order valence-corrected chi connectivity index (χ2v) is 3.92. The van der Waals surface area contributed by atoms with E-state index >= 15 is 0 Å². The van der Waals surface area contributed by atoms with Gasteiger partial charge in [0.1, 0.15) is 0 Å². The SMILES string of the molecule is CC(C)NCCCN1CCOCC1.[HH]. The monoisotopic (exact) mass is 188 g/mol. The van der Waals surface area contributed by atoms with Crippen LogP contribution in [0.15, 0.2) is 0 Å². The van der Waals surface area contributed by atoms with Crippen molar-refractivity contribution in [3.8, 4) is 0 Å². The van der Waals surface area contributed by atoms with Gasteiger partial charge in [0.2, 0.25) is 0 Å². The van der Waals surface area contributed by atoms with E-state index in [0.29, 0.717) is 6.04 Å². The van der Waals surface area contributed by atoms with Crippen molar-refractivity contribution in [3.05, 3.63) is 0 Å². The summed E-state index contributed by atoms with van der Waals surface area (Å²) in [5, 5.41) is 3.43. The first kappa shape index (κ1) is 11.0. The van der Waals surface area contributed by atoms with Gasteiger partial charge < -0.3 is 10.1 Å². The molecule has 13 heavy (non-hydrogen) atoms. The van der Waals surface area contributed by atoms with Crippen LogP contribution >= 0.6 is 0 Å². The molecule has 1 N–H and O–H groups in total. The number of rotatable bonds is 5. The average Bonchev–Trinajstić information content (AvgIpc) is 2.14. The fraction of sp³-hybridized carbons (Fsp3) is 1.00. The molecule has 1 aliphatic heterocycles. The lowest BCUT2D eigenvalue weighted by molar-refractivity contribution is 0.0374. The molecule has 0 radical (unpaired) electrons. The smallest absolute Gasteiger partial charge is 0.0594 e. The lowest BCUT2D eigenvalue weighted by Crippen LogP contribution is -2.38. The van der Waals surface area contributed by atoms with E-state index in [2.05, 4.69) is 24.1 Å². The first-order valence-corrected chi connectivity index (χ1v) is 5.32. The van der Waals surface area contributed by atoms with Crippen molar-refractivity contribution in [2.45, 2.75) is 26.3 Å². The van der Waals surface area contributed by atoms with Gasteiger partial charge in [-0.1, -0.05) is 13.8 Å². The highest BCUT2D eigenvalue weighted by molar-refractivity contribution is 4.63. The lowest BCUT2D eigenvalue weighted by atomic mass is 10.3. The van der Waals surface area contributed by atoms with E-state index in [0.717, 1.165) is 32.8 Å². The van der Waals surface area contributed by atoms with Crippen LogP contribution in [-0.4, -0.2) is 50.3 Å². The zero-order chi connectivity index (χ0) is 9.52. The van der Waals surface area contributed by atoms with Gasteiger partial charge in [-0.15, -0.1) is 0 Å². The molecule has 0 bridgehead atoms. The molecule has 0 aliphatic carbocycles. The van der Waals surface area contributed by atoms with Gasteiger partial charge in [0.05, 0.1) is 13.2 Å². The Hall–Kier alpha value is -0.120. The predicted molar refractivity (Wildman–Crippen MR) is 57.1 cm³/mol. The molecule has 1 fully saturated rings. The van der Waals surface area contributed by atoms with E-state index in [1.807, 2.05) is 0 Å². The fourth-order valence-corrected chi connectivity index (χ4v) is 1.52. The van der Waals surface area contributed by atoms with Crippen molar-refractivity contribution >= 4 is 0 Å². The van der Waals surface area contributed by atoms with Gasteiger partial charge in [-0.25, -0.2) is 0 Å². The maximum absolute atomic E-state index is 5.29. The highest BCUT2D eigenvalue weighted by Gasteiger charge is 2.08. The van der Waals surface area contributed by atoms with Gasteiger partial charge in [-0.2, -0.15) is 0 Å². The molecule has 0 amide bonds. The minimum absolute atomic E-state index is 0. The van der Waals surface area contributed by atoms with Gasteiger partial charge >= 0.3 is 0 Å². The first-order chi connectivity index (χ1) is 6.29. The van der Waals surface area contributed by atoms with E-state index in [9.17, 15) is 0 Å². The van der Waals surface area contributed by atoms with Gasteiger partial charge in [0.25, 0.3) is 0 Å². The molecule has 1 heterocycles. The largest absolute Gasteiger partial charge is 0.379 e. The molecule has 0 saturated carbocycles. The summed E-state index contributed by atoms with van der Waals surface area (Å²) in [6.07, 6.45) is 1.25. The van der Waals surface area contributed by atoms with Crippen LogP contribution in [0.4, 0.5) is 0 Å². The van der Waals surface area contributed by atoms with E-state index in [-0.39, 0.29) is 1.43 Å². The van der Waals surface area contributed by atoms with Crippen molar-refractivity contribution in [2.75, 3.05) is 39.4 Å². The van der Waals surface area contributed by atoms with Gasteiger partial charge in [-0.05, 0) is 19.5 Å². The highest BCUT2D eigenvalue weighted by atomic mass is 16.5. The van der Waals surface area contributed by atoms with E-state index < -0.39 is 0 Å². The van der Waals surface area contributed by atoms with Crippen LogP contribution in [0.5, 0.6) is 0 Å². The molecule has 0 aromatic carbocycles. The molecule has 0 spiro atoms. The third-order valence-electron chi connectivity index (χ3n) is 2.31. The summed E-state index contributed by atoms with van der Waals surface area (Å²) in [6, 6.07) is 0.615. The maximum atomic E-state index is 5.29. The molecular weight excluding hydrogens is 164 g/mol. The predicted octanol–water partition coefficient (Wildman–Crippen LogP) is 0.953. The van der Waals surface area contributed by atoms with Crippen molar-refractivity contribution in [2.24, 2.45) is 0 Å². The topological polar surface area (TPSA) is 24.5 Å². The molecule has 3 heteroatoms. The molecule has 1 saturated heterocycles. The quantitative estimate of drug-likeness (QED) is 0.650. The number of hydrogen-bond donors (Lipinski definition) is 1. The summed E-state index contributed by atoms with van der Waals surface area (Å²) in [5.41, 5.74) is 0. The molecule has 3 nitrogen and oxygen atoms in total. The van der Waals surface area contributed by atoms with Crippen molar-refractivity contribution in [1.82, 2.24) is 10.2 Å². The molecular formula is C10H24N2O. The fourth-order valence-electron chi connectivity index (χ4n) is 1.52. The number of morpholine rings is 1. The number of nitrogens with one attached hydrogen (secondary N) is 1. The van der Waals surface area contributed by atoms with E-state index in [1.54, 1.807) is 0 Å². The minimum atomic E-state index is 0. The molecule has 1 aliphatic rings. The number of ether oxygens (including phenoxy) is 1. The van der Waals surface area contributed by atoms with Crippen LogP contribution in [0.25, 0.3) is 0 Å². The average molecular weight is 188 g/mol.